The number of nitrogens with zero attached hydrogens (tertiary/aromatic N) is 3. The molecular formula is C21H28FN3O2. The van der Waals surface area contributed by atoms with Crippen molar-refractivity contribution < 1.29 is 13.9 Å². The minimum atomic E-state index is -0.197. The molecule has 6 heteroatoms. The van der Waals surface area contributed by atoms with Gasteiger partial charge in [-0.15, -0.1) is 0 Å². The fourth-order valence-electron chi connectivity index (χ4n) is 3.98. The molecule has 0 saturated carbocycles. The summed E-state index contributed by atoms with van der Waals surface area (Å²) >= 11 is 0. The van der Waals surface area contributed by atoms with Gasteiger partial charge in [0.15, 0.2) is 6.23 Å². The lowest BCUT2D eigenvalue weighted by molar-refractivity contribution is -0.0424. The molecule has 2 aliphatic heterocycles. The molecule has 2 aliphatic rings. The predicted octanol–water partition coefficient (Wildman–Crippen LogP) is 3.90. The van der Waals surface area contributed by atoms with Gasteiger partial charge in [-0.3, -0.25) is 4.90 Å². The molecule has 146 valence electrons. The second kappa shape index (κ2) is 8.95. The third-order valence-corrected chi connectivity index (χ3v) is 5.37. The first kappa shape index (κ1) is 18.6. The fraction of sp³-hybridized carbons (Fsp3) is 0.571. The minimum absolute atomic E-state index is 0.0409. The zero-order valence-corrected chi connectivity index (χ0v) is 15.7. The highest BCUT2D eigenvalue weighted by Gasteiger charge is 2.23. The molecule has 2 fully saturated rings. The summed E-state index contributed by atoms with van der Waals surface area (Å²) in [5.41, 5.74) is 2.26. The van der Waals surface area contributed by atoms with E-state index in [0.717, 1.165) is 69.8 Å². The van der Waals surface area contributed by atoms with E-state index in [0.29, 0.717) is 0 Å². The average molecular weight is 373 g/mol. The van der Waals surface area contributed by atoms with Gasteiger partial charge < -0.3 is 9.47 Å². The van der Waals surface area contributed by atoms with Crippen molar-refractivity contribution in [1.82, 2.24) is 14.7 Å². The van der Waals surface area contributed by atoms with Crippen LogP contribution in [0.2, 0.25) is 0 Å². The highest BCUT2D eigenvalue weighted by atomic mass is 19.1. The van der Waals surface area contributed by atoms with Gasteiger partial charge in [0, 0.05) is 39.0 Å². The maximum absolute atomic E-state index is 13.3. The van der Waals surface area contributed by atoms with Gasteiger partial charge in [0.1, 0.15) is 5.82 Å². The minimum Gasteiger partial charge on any atom is -0.377 e. The number of hydrogen-bond donors (Lipinski definition) is 0. The van der Waals surface area contributed by atoms with E-state index in [2.05, 4.69) is 16.1 Å². The Morgan fingerprint density at radius 1 is 1.00 bits per heavy atom. The number of halogens is 1. The Balaban J connectivity index is 1.48. The summed E-state index contributed by atoms with van der Waals surface area (Å²) in [7, 11) is 0. The monoisotopic (exact) mass is 373 g/mol. The van der Waals surface area contributed by atoms with Crippen LogP contribution in [0.15, 0.2) is 36.5 Å². The van der Waals surface area contributed by atoms with Gasteiger partial charge in [-0.05, 0) is 55.9 Å². The van der Waals surface area contributed by atoms with Crippen LogP contribution in [0.4, 0.5) is 4.39 Å². The summed E-state index contributed by atoms with van der Waals surface area (Å²) < 4.78 is 27.1. The SMILES string of the molecule is Fc1ccc(CN(Cc2ccnn2[C@@H]2CCCCO2)C[C@H]2CCCO2)cc1. The zero-order valence-electron chi connectivity index (χ0n) is 15.7. The van der Waals surface area contributed by atoms with E-state index in [-0.39, 0.29) is 18.1 Å². The van der Waals surface area contributed by atoms with Crippen LogP contribution in [-0.4, -0.2) is 40.5 Å². The Kier molecular flexibility index (Phi) is 6.17. The van der Waals surface area contributed by atoms with Crippen LogP contribution in [0, 0.1) is 5.82 Å². The van der Waals surface area contributed by atoms with Crippen molar-refractivity contribution in [1.29, 1.82) is 0 Å². The van der Waals surface area contributed by atoms with Crippen LogP contribution in [0.1, 0.15) is 49.6 Å². The molecule has 5 nitrogen and oxygen atoms in total. The summed E-state index contributed by atoms with van der Waals surface area (Å²) in [5.74, 6) is -0.197. The summed E-state index contributed by atoms with van der Waals surface area (Å²) in [4.78, 5) is 2.37. The average Bonchev–Trinajstić information content (AvgIpc) is 3.36. The molecule has 1 aromatic carbocycles. The second-order valence-corrected chi connectivity index (χ2v) is 7.52. The predicted molar refractivity (Wildman–Crippen MR) is 101 cm³/mol. The molecule has 2 aromatic rings. The van der Waals surface area contributed by atoms with Gasteiger partial charge in [0.05, 0.1) is 11.8 Å². The van der Waals surface area contributed by atoms with Crippen molar-refractivity contribution >= 4 is 0 Å². The van der Waals surface area contributed by atoms with Gasteiger partial charge in [-0.25, -0.2) is 9.07 Å². The van der Waals surface area contributed by atoms with Gasteiger partial charge in [-0.1, -0.05) is 12.1 Å². The lowest BCUT2D eigenvalue weighted by atomic mass is 10.1. The Hall–Kier alpha value is -1.76. The molecule has 0 N–H and O–H groups in total. The molecule has 0 bridgehead atoms. The molecular weight excluding hydrogens is 345 g/mol. The molecule has 3 heterocycles. The molecule has 4 rings (SSSR count). The standard InChI is InChI=1S/C21H28FN3O2/c22-18-8-6-17(7-9-18)14-24(16-20-4-3-13-26-20)15-19-10-11-23-25(19)21-5-1-2-12-27-21/h6-11,20-21H,1-5,12-16H2/t20-,21+/m1/s1. The van der Waals surface area contributed by atoms with Crippen molar-refractivity contribution in [3.63, 3.8) is 0 Å². The fourth-order valence-corrected chi connectivity index (χ4v) is 3.98. The number of ether oxygens (including phenoxy) is 2. The van der Waals surface area contributed by atoms with Crippen LogP contribution >= 0.6 is 0 Å². The third kappa shape index (κ3) is 4.94. The van der Waals surface area contributed by atoms with Gasteiger partial charge in [0.25, 0.3) is 0 Å². The molecule has 0 aliphatic carbocycles. The largest absolute Gasteiger partial charge is 0.377 e. The summed E-state index contributed by atoms with van der Waals surface area (Å²) in [5, 5.41) is 4.53. The summed E-state index contributed by atoms with van der Waals surface area (Å²) in [6.07, 6.45) is 7.72. The number of benzene rings is 1. The molecule has 2 atom stereocenters. The van der Waals surface area contributed by atoms with Crippen molar-refractivity contribution in [3.05, 3.63) is 53.6 Å². The zero-order chi connectivity index (χ0) is 18.5. The maximum atomic E-state index is 13.3. The van der Waals surface area contributed by atoms with E-state index in [1.54, 1.807) is 0 Å². The lowest BCUT2D eigenvalue weighted by Crippen LogP contribution is -2.33. The number of rotatable bonds is 7. The normalized spacial score (nSPS) is 23.2. The molecule has 1 aromatic heterocycles. The topological polar surface area (TPSA) is 39.5 Å². The van der Waals surface area contributed by atoms with E-state index < -0.39 is 0 Å². The molecule has 2 saturated heterocycles. The van der Waals surface area contributed by atoms with E-state index in [1.807, 2.05) is 23.0 Å². The van der Waals surface area contributed by atoms with Crippen LogP contribution in [0.3, 0.4) is 0 Å². The highest BCUT2D eigenvalue weighted by Crippen LogP contribution is 2.24. The smallest absolute Gasteiger partial charge is 0.150 e. The Morgan fingerprint density at radius 3 is 2.59 bits per heavy atom. The van der Waals surface area contributed by atoms with E-state index >= 15 is 0 Å². The van der Waals surface area contributed by atoms with Crippen LogP contribution < -0.4 is 0 Å². The molecule has 0 radical (unpaired) electrons. The van der Waals surface area contributed by atoms with Crippen LogP contribution in [0.5, 0.6) is 0 Å². The van der Waals surface area contributed by atoms with Crippen LogP contribution in [0.25, 0.3) is 0 Å². The Bertz CT molecular complexity index is 706. The first-order valence-electron chi connectivity index (χ1n) is 10.0. The van der Waals surface area contributed by atoms with Crippen molar-refractivity contribution in [3.8, 4) is 0 Å². The lowest BCUT2D eigenvalue weighted by Gasteiger charge is -2.28. The number of hydrogen-bond acceptors (Lipinski definition) is 4. The van der Waals surface area contributed by atoms with Crippen molar-refractivity contribution in [2.24, 2.45) is 0 Å². The maximum Gasteiger partial charge on any atom is 0.150 e. The van der Waals surface area contributed by atoms with Crippen LogP contribution in [-0.2, 0) is 22.6 Å². The Labute approximate surface area is 160 Å². The van der Waals surface area contributed by atoms with Gasteiger partial charge >= 0.3 is 0 Å². The molecule has 27 heavy (non-hydrogen) atoms. The number of aromatic nitrogens is 2. The van der Waals surface area contributed by atoms with Crippen molar-refractivity contribution in [2.75, 3.05) is 19.8 Å². The molecule has 0 unspecified atom stereocenters. The van der Waals surface area contributed by atoms with Gasteiger partial charge in [-0.2, -0.15) is 5.10 Å². The summed E-state index contributed by atoms with van der Waals surface area (Å²) in [6.45, 7) is 4.06. The van der Waals surface area contributed by atoms with Crippen molar-refractivity contribution in [2.45, 2.75) is 57.5 Å². The first-order chi connectivity index (χ1) is 13.3. The first-order valence-corrected chi connectivity index (χ1v) is 10.0. The Morgan fingerprint density at radius 2 is 1.85 bits per heavy atom. The van der Waals surface area contributed by atoms with E-state index in [4.69, 9.17) is 9.47 Å². The van der Waals surface area contributed by atoms with E-state index in [1.165, 1.54) is 18.6 Å². The molecule has 0 spiro atoms. The quantitative estimate of drug-likeness (QED) is 0.738. The van der Waals surface area contributed by atoms with Gasteiger partial charge in [0.2, 0.25) is 0 Å². The third-order valence-electron chi connectivity index (χ3n) is 5.37. The second-order valence-electron chi connectivity index (χ2n) is 7.52. The summed E-state index contributed by atoms with van der Waals surface area (Å²) in [6, 6.07) is 8.85. The highest BCUT2D eigenvalue weighted by molar-refractivity contribution is 5.16. The molecule has 0 amide bonds. The van der Waals surface area contributed by atoms with E-state index in [9.17, 15) is 4.39 Å².